The van der Waals surface area contributed by atoms with Crippen LogP contribution in [0.3, 0.4) is 0 Å². The zero-order valence-electron chi connectivity index (χ0n) is 16.3. The molecule has 2 aliphatic rings. The minimum absolute atomic E-state index is 0.00336. The Labute approximate surface area is 169 Å². The van der Waals surface area contributed by atoms with E-state index in [0.717, 1.165) is 24.2 Å². The van der Waals surface area contributed by atoms with E-state index in [2.05, 4.69) is 10.6 Å². The number of nitrogens with one attached hydrogen (secondary N) is 2. The third-order valence-electron chi connectivity index (χ3n) is 5.90. The van der Waals surface area contributed by atoms with E-state index in [1.807, 2.05) is 36.4 Å². The van der Waals surface area contributed by atoms with E-state index in [0.29, 0.717) is 13.0 Å². The van der Waals surface area contributed by atoms with Gasteiger partial charge < -0.3 is 15.4 Å². The molecule has 0 saturated carbocycles. The summed E-state index contributed by atoms with van der Waals surface area (Å²) in [6.45, 7) is 1.46. The molecule has 152 valence electrons. The van der Waals surface area contributed by atoms with Gasteiger partial charge in [-0.3, -0.25) is 14.2 Å². The van der Waals surface area contributed by atoms with Gasteiger partial charge in [-0.1, -0.05) is 36.4 Å². The monoisotopic (exact) mass is 395 g/mol. The van der Waals surface area contributed by atoms with Crippen molar-refractivity contribution in [1.82, 2.24) is 15.2 Å². The van der Waals surface area contributed by atoms with Gasteiger partial charge >= 0.3 is 5.97 Å². The Morgan fingerprint density at radius 1 is 1.17 bits per heavy atom. The predicted octanol–water partition coefficient (Wildman–Crippen LogP) is 0.997. The number of carbonyl (C=O) groups excluding carboxylic acids is 2. The SMILES string of the molecule is COC(=O)[C@@H](Cc1ccccc1)NC(=O)[C@H]1[C@@H]2CNC[C@@H](C2)c2cccc(=O)n21. The number of aromatic nitrogens is 1. The highest BCUT2D eigenvalue weighted by Gasteiger charge is 2.42. The summed E-state index contributed by atoms with van der Waals surface area (Å²) in [6, 6.07) is 13.1. The van der Waals surface area contributed by atoms with Gasteiger partial charge in [0.05, 0.1) is 7.11 Å². The van der Waals surface area contributed by atoms with Crippen LogP contribution in [0.1, 0.15) is 29.6 Å². The quantitative estimate of drug-likeness (QED) is 0.738. The van der Waals surface area contributed by atoms with Crippen LogP contribution < -0.4 is 16.2 Å². The minimum atomic E-state index is -0.813. The third kappa shape index (κ3) is 3.82. The van der Waals surface area contributed by atoms with Gasteiger partial charge in [-0.2, -0.15) is 0 Å². The van der Waals surface area contributed by atoms with Crippen LogP contribution in [0.25, 0.3) is 0 Å². The number of esters is 1. The molecule has 0 radical (unpaired) electrons. The number of benzene rings is 1. The number of fused-ring (bicyclic) bond motifs is 4. The summed E-state index contributed by atoms with van der Waals surface area (Å²) >= 11 is 0. The Morgan fingerprint density at radius 3 is 2.72 bits per heavy atom. The highest BCUT2D eigenvalue weighted by molar-refractivity contribution is 5.87. The predicted molar refractivity (Wildman–Crippen MR) is 108 cm³/mol. The first kappa shape index (κ1) is 19.4. The Bertz CT molecular complexity index is 956. The number of carbonyl (C=O) groups is 2. The second kappa shape index (κ2) is 8.21. The lowest BCUT2D eigenvalue weighted by Crippen LogP contribution is -2.54. The molecular weight excluding hydrogens is 370 g/mol. The molecule has 7 heteroatoms. The summed E-state index contributed by atoms with van der Waals surface area (Å²) in [5.41, 5.74) is 1.61. The topological polar surface area (TPSA) is 89.4 Å². The van der Waals surface area contributed by atoms with E-state index < -0.39 is 18.1 Å². The first-order valence-corrected chi connectivity index (χ1v) is 9.92. The molecular formula is C22H25N3O4. The fraction of sp³-hybridized carbons (Fsp3) is 0.409. The maximum atomic E-state index is 13.3. The van der Waals surface area contributed by atoms with E-state index in [4.69, 9.17) is 4.74 Å². The van der Waals surface area contributed by atoms with Crippen LogP contribution in [0.4, 0.5) is 0 Å². The van der Waals surface area contributed by atoms with Crippen molar-refractivity contribution in [2.45, 2.75) is 30.8 Å². The Morgan fingerprint density at radius 2 is 1.97 bits per heavy atom. The van der Waals surface area contributed by atoms with E-state index >= 15 is 0 Å². The van der Waals surface area contributed by atoms with Gasteiger partial charge in [0.2, 0.25) is 5.91 Å². The summed E-state index contributed by atoms with van der Waals surface area (Å²) in [5.74, 6) is -0.611. The second-order valence-corrected chi connectivity index (χ2v) is 7.73. The minimum Gasteiger partial charge on any atom is -0.467 e. The van der Waals surface area contributed by atoms with Crippen molar-refractivity contribution < 1.29 is 14.3 Å². The summed E-state index contributed by atoms with van der Waals surface area (Å²) in [7, 11) is 1.31. The lowest BCUT2D eigenvalue weighted by atomic mass is 9.79. The van der Waals surface area contributed by atoms with Gasteiger partial charge in [0.15, 0.2) is 0 Å². The van der Waals surface area contributed by atoms with Gasteiger partial charge in [-0.15, -0.1) is 0 Å². The molecule has 2 aliphatic heterocycles. The Balaban J connectivity index is 1.63. The van der Waals surface area contributed by atoms with Crippen molar-refractivity contribution in [1.29, 1.82) is 0 Å². The fourth-order valence-corrected chi connectivity index (χ4v) is 4.57. The first-order chi connectivity index (χ1) is 14.1. The summed E-state index contributed by atoms with van der Waals surface area (Å²) < 4.78 is 6.53. The van der Waals surface area contributed by atoms with Crippen LogP contribution in [-0.2, 0) is 20.7 Å². The number of hydrogen-bond acceptors (Lipinski definition) is 5. The molecule has 3 heterocycles. The van der Waals surface area contributed by atoms with Crippen molar-refractivity contribution in [2.24, 2.45) is 5.92 Å². The number of pyridine rings is 1. The zero-order valence-corrected chi connectivity index (χ0v) is 16.3. The van der Waals surface area contributed by atoms with Crippen LogP contribution in [-0.4, -0.2) is 42.7 Å². The lowest BCUT2D eigenvalue weighted by Gasteiger charge is -2.42. The molecule has 4 rings (SSSR count). The summed E-state index contributed by atoms with van der Waals surface area (Å²) in [4.78, 5) is 38.3. The number of hydrogen-bond donors (Lipinski definition) is 2. The van der Waals surface area contributed by atoms with Crippen molar-refractivity contribution in [2.75, 3.05) is 20.2 Å². The average molecular weight is 395 g/mol. The molecule has 1 saturated heterocycles. The number of ether oxygens (including phenoxy) is 1. The second-order valence-electron chi connectivity index (χ2n) is 7.73. The highest BCUT2D eigenvalue weighted by Crippen LogP contribution is 2.38. The molecule has 4 atom stereocenters. The third-order valence-corrected chi connectivity index (χ3v) is 5.90. The average Bonchev–Trinajstić information content (AvgIpc) is 2.74. The van der Waals surface area contributed by atoms with E-state index in [9.17, 15) is 14.4 Å². The molecule has 0 unspecified atom stereocenters. The molecule has 1 fully saturated rings. The van der Waals surface area contributed by atoms with Crippen LogP contribution >= 0.6 is 0 Å². The first-order valence-electron chi connectivity index (χ1n) is 9.92. The molecule has 2 N–H and O–H groups in total. The van der Waals surface area contributed by atoms with Gasteiger partial charge in [0.1, 0.15) is 12.1 Å². The maximum Gasteiger partial charge on any atom is 0.328 e. The van der Waals surface area contributed by atoms with Crippen LogP contribution in [0, 0.1) is 5.92 Å². The fourth-order valence-electron chi connectivity index (χ4n) is 4.57. The van der Waals surface area contributed by atoms with Gasteiger partial charge in [0.25, 0.3) is 5.56 Å². The van der Waals surface area contributed by atoms with Crippen molar-refractivity contribution in [3.05, 3.63) is 70.1 Å². The normalized spacial score (nSPS) is 23.6. The standard InChI is InChI=1S/C22H25N3O4/c1-29-22(28)17(10-14-6-3-2-4-7-14)24-21(27)20-16-11-15(12-23-13-16)18-8-5-9-19(26)25(18)20/h2-9,15-17,20,23H,10-13H2,1H3,(H,24,27)/t15-,16+,17-,20-/m1/s1. The molecule has 29 heavy (non-hydrogen) atoms. The molecule has 0 aliphatic carbocycles. The molecule has 7 nitrogen and oxygen atoms in total. The summed E-state index contributed by atoms with van der Waals surface area (Å²) in [6.07, 6.45) is 1.17. The van der Waals surface area contributed by atoms with Crippen LogP contribution in [0.5, 0.6) is 0 Å². The van der Waals surface area contributed by atoms with Crippen molar-refractivity contribution in [3.63, 3.8) is 0 Å². The molecule has 1 aromatic carbocycles. The van der Waals surface area contributed by atoms with Crippen molar-refractivity contribution >= 4 is 11.9 Å². The Hall–Kier alpha value is -2.93. The smallest absolute Gasteiger partial charge is 0.328 e. The molecule has 2 bridgehead atoms. The molecule has 1 aromatic heterocycles. The number of methoxy groups -OCH3 is 1. The Kier molecular flexibility index (Phi) is 5.49. The molecule has 0 spiro atoms. The number of piperidine rings is 1. The van der Waals surface area contributed by atoms with Gasteiger partial charge in [-0.25, -0.2) is 4.79 Å². The van der Waals surface area contributed by atoms with Crippen LogP contribution in [0.15, 0.2) is 53.3 Å². The largest absolute Gasteiger partial charge is 0.467 e. The number of nitrogens with zero attached hydrogens (tertiary/aromatic N) is 1. The zero-order chi connectivity index (χ0) is 20.4. The molecule has 1 amide bonds. The van der Waals surface area contributed by atoms with Crippen molar-refractivity contribution in [3.8, 4) is 0 Å². The van der Waals surface area contributed by atoms with E-state index in [-0.39, 0.29) is 23.3 Å². The lowest BCUT2D eigenvalue weighted by molar-refractivity contribution is -0.145. The van der Waals surface area contributed by atoms with Gasteiger partial charge in [-0.05, 0) is 18.1 Å². The van der Waals surface area contributed by atoms with Gasteiger partial charge in [0, 0.05) is 43.1 Å². The van der Waals surface area contributed by atoms with E-state index in [1.54, 1.807) is 10.6 Å². The number of rotatable bonds is 5. The molecule has 2 aromatic rings. The summed E-state index contributed by atoms with van der Waals surface area (Å²) in [5, 5.41) is 6.23. The van der Waals surface area contributed by atoms with E-state index in [1.165, 1.54) is 13.2 Å². The maximum absolute atomic E-state index is 13.3. The van der Waals surface area contributed by atoms with Crippen LogP contribution in [0.2, 0.25) is 0 Å². The highest BCUT2D eigenvalue weighted by atomic mass is 16.5. The number of amides is 1.